The van der Waals surface area contributed by atoms with E-state index in [0.717, 1.165) is 18.5 Å². The Labute approximate surface area is 142 Å². The van der Waals surface area contributed by atoms with Crippen LogP contribution in [-0.4, -0.2) is 70.0 Å². The Kier molecular flexibility index (Phi) is 4.80. The van der Waals surface area contributed by atoms with Crippen LogP contribution in [0.15, 0.2) is 18.6 Å². The van der Waals surface area contributed by atoms with Crippen molar-refractivity contribution in [1.29, 1.82) is 0 Å². The van der Waals surface area contributed by atoms with Crippen molar-refractivity contribution < 1.29 is 14.3 Å². The highest BCUT2D eigenvalue weighted by molar-refractivity contribution is 5.86. The second-order valence-corrected chi connectivity index (χ2v) is 6.72. The number of ether oxygens (including phenoxy) is 1. The van der Waals surface area contributed by atoms with Crippen molar-refractivity contribution in [3.05, 3.63) is 24.3 Å². The Hall–Kier alpha value is -2.02. The largest absolute Gasteiger partial charge is 0.362 e. The SMILES string of the molecule is CC(=O)N1CCO[C@@](C)(C(=O)N2CCC(c3ccncn3)CC2)C1. The minimum absolute atomic E-state index is 0.0141. The Bertz CT molecular complexity index is 601. The summed E-state index contributed by atoms with van der Waals surface area (Å²) < 4.78 is 5.77. The molecule has 2 fully saturated rings. The predicted octanol–water partition coefficient (Wildman–Crippen LogP) is 0.820. The third-order valence-electron chi connectivity index (χ3n) is 4.98. The van der Waals surface area contributed by atoms with Gasteiger partial charge in [-0.1, -0.05) is 0 Å². The van der Waals surface area contributed by atoms with E-state index in [2.05, 4.69) is 9.97 Å². The Morgan fingerprint density at radius 2 is 2.00 bits per heavy atom. The van der Waals surface area contributed by atoms with Gasteiger partial charge < -0.3 is 14.5 Å². The van der Waals surface area contributed by atoms with Crippen molar-refractivity contribution >= 4 is 11.8 Å². The first-order valence-electron chi connectivity index (χ1n) is 8.44. The molecule has 0 unspecified atom stereocenters. The lowest BCUT2D eigenvalue weighted by Gasteiger charge is -2.43. The van der Waals surface area contributed by atoms with Crippen LogP contribution in [0, 0.1) is 0 Å². The van der Waals surface area contributed by atoms with Gasteiger partial charge in [-0.3, -0.25) is 9.59 Å². The van der Waals surface area contributed by atoms with Crippen molar-refractivity contribution in [3.63, 3.8) is 0 Å². The zero-order valence-corrected chi connectivity index (χ0v) is 14.3. The smallest absolute Gasteiger partial charge is 0.256 e. The molecule has 1 atom stereocenters. The summed E-state index contributed by atoms with van der Waals surface area (Å²) in [6.07, 6.45) is 5.09. The lowest BCUT2D eigenvalue weighted by Crippen LogP contribution is -2.60. The number of nitrogens with zero attached hydrogens (tertiary/aromatic N) is 4. The maximum Gasteiger partial charge on any atom is 0.256 e. The van der Waals surface area contributed by atoms with Gasteiger partial charge in [0.1, 0.15) is 6.33 Å². The molecule has 2 amide bonds. The van der Waals surface area contributed by atoms with Crippen LogP contribution < -0.4 is 0 Å². The summed E-state index contributed by atoms with van der Waals surface area (Å²) in [5.74, 6) is 0.334. The number of piperidine rings is 1. The minimum Gasteiger partial charge on any atom is -0.362 e. The topological polar surface area (TPSA) is 75.6 Å². The highest BCUT2D eigenvalue weighted by Gasteiger charge is 2.43. The molecule has 0 bridgehead atoms. The molecule has 7 heteroatoms. The van der Waals surface area contributed by atoms with Gasteiger partial charge in [0.25, 0.3) is 5.91 Å². The maximum absolute atomic E-state index is 12.9. The summed E-state index contributed by atoms with van der Waals surface area (Å²) in [6, 6.07) is 1.94. The summed E-state index contributed by atoms with van der Waals surface area (Å²) in [5.41, 5.74) is 0.103. The van der Waals surface area contributed by atoms with Gasteiger partial charge in [-0.15, -0.1) is 0 Å². The molecule has 2 aliphatic heterocycles. The fourth-order valence-electron chi connectivity index (χ4n) is 3.52. The number of amides is 2. The lowest BCUT2D eigenvalue weighted by molar-refractivity contribution is -0.171. The fraction of sp³-hybridized carbons (Fsp3) is 0.647. The van der Waals surface area contributed by atoms with Gasteiger partial charge in [-0.05, 0) is 25.8 Å². The molecule has 3 heterocycles. The first-order chi connectivity index (χ1) is 11.5. The molecule has 2 aliphatic rings. The molecule has 0 aliphatic carbocycles. The summed E-state index contributed by atoms with van der Waals surface area (Å²) in [5, 5.41) is 0. The van der Waals surface area contributed by atoms with Crippen molar-refractivity contribution in [2.45, 2.75) is 38.2 Å². The number of likely N-dealkylation sites (tertiary alicyclic amines) is 1. The van der Waals surface area contributed by atoms with E-state index in [9.17, 15) is 9.59 Å². The van der Waals surface area contributed by atoms with Crippen molar-refractivity contribution in [1.82, 2.24) is 19.8 Å². The molecule has 0 radical (unpaired) electrons. The second-order valence-electron chi connectivity index (χ2n) is 6.72. The van der Waals surface area contributed by atoms with Gasteiger partial charge in [0.2, 0.25) is 5.91 Å². The van der Waals surface area contributed by atoms with E-state index >= 15 is 0 Å². The monoisotopic (exact) mass is 332 g/mol. The zero-order chi connectivity index (χ0) is 17.2. The van der Waals surface area contributed by atoms with E-state index in [-0.39, 0.29) is 11.8 Å². The van der Waals surface area contributed by atoms with Crippen molar-refractivity contribution in [2.75, 3.05) is 32.8 Å². The minimum atomic E-state index is -0.939. The lowest BCUT2D eigenvalue weighted by atomic mass is 9.92. The van der Waals surface area contributed by atoms with Gasteiger partial charge in [0.05, 0.1) is 13.2 Å². The molecular formula is C17H24N4O3. The Balaban J connectivity index is 1.61. The highest BCUT2D eigenvalue weighted by atomic mass is 16.5. The van der Waals surface area contributed by atoms with Crippen LogP contribution in [0.25, 0.3) is 0 Å². The highest BCUT2D eigenvalue weighted by Crippen LogP contribution is 2.29. The molecule has 0 N–H and O–H groups in total. The van der Waals surface area contributed by atoms with Gasteiger partial charge in [0.15, 0.2) is 5.60 Å². The summed E-state index contributed by atoms with van der Waals surface area (Å²) in [6.45, 7) is 5.98. The molecule has 24 heavy (non-hydrogen) atoms. The average Bonchev–Trinajstić information content (AvgIpc) is 2.62. The predicted molar refractivity (Wildman–Crippen MR) is 87.2 cm³/mol. The van der Waals surface area contributed by atoms with Crippen LogP contribution in [-0.2, 0) is 14.3 Å². The van der Waals surface area contributed by atoms with Crippen LogP contribution in [0.1, 0.15) is 38.3 Å². The molecule has 7 nitrogen and oxygen atoms in total. The molecule has 2 saturated heterocycles. The normalized spacial score (nSPS) is 25.6. The summed E-state index contributed by atoms with van der Waals surface area (Å²) in [7, 11) is 0. The second kappa shape index (κ2) is 6.84. The molecule has 0 spiro atoms. The average molecular weight is 332 g/mol. The third kappa shape index (κ3) is 3.40. The Morgan fingerprint density at radius 3 is 2.62 bits per heavy atom. The number of carbonyl (C=O) groups is 2. The van der Waals surface area contributed by atoms with E-state index in [1.165, 1.54) is 6.92 Å². The van der Waals surface area contributed by atoms with Crippen molar-refractivity contribution in [2.24, 2.45) is 0 Å². The van der Waals surface area contributed by atoms with Crippen LogP contribution >= 0.6 is 0 Å². The zero-order valence-electron chi connectivity index (χ0n) is 14.3. The summed E-state index contributed by atoms with van der Waals surface area (Å²) in [4.78, 5) is 36.4. The van der Waals surface area contributed by atoms with Gasteiger partial charge in [-0.25, -0.2) is 9.97 Å². The van der Waals surface area contributed by atoms with Gasteiger partial charge in [-0.2, -0.15) is 0 Å². The standard InChI is InChI=1S/C17H24N4O3/c1-13(22)21-9-10-24-17(2,11-21)16(23)20-7-4-14(5-8-20)15-3-6-18-12-19-15/h3,6,12,14H,4-5,7-11H2,1-2H3/t17-/m1/s1. The third-order valence-corrected chi connectivity index (χ3v) is 4.98. The van der Waals surface area contributed by atoms with Gasteiger partial charge in [0, 0.05) is 44.4 Å². The quantitative estimate of drug-likeness (QED) is 0.801. The first-order valence-corrected chi connectivity index (χ1v) is 8.44. The molecule has 0 aromatic carbocycles. The van der Waals surface area contributed by atoms with E-state index < -0.39 is 5.60 Å². The molecule has 130 valence electrons. The van der Waals surface area contributed by atoms with E-state index in [1.54, 1.807) is 24.3 Å². The van der Waals surface area contributed by atoms with Crippen LogP contribution in [0.2, 0.25) is 0 Å². The molecular weight excluding hydrogens is 308 g/mol. The summed E-state index contributed by atoms with van der Waals surface area (Å²) >= 11 is 0. The number of carbonyl (C=O) groups excluding carboxylic acids is 2. The maximum atomic E-state index is 12.9. The number of hydrogen-bond acceptors (Lipinski definition) is 5. The number of morpholine rings is 1. The van der Waals surface area contributed by atoms with E-state index in [0.29, 0.717) is 38.7 Å². The number of aromatic nitrogens is 2. The fourth-order valence-corrected chi connectivity index (χ4v) is 3.52. The van der Waals surface area contributed by atoms with Crippen LogP contribution in [0.5, 0.6) is 0 Å². The van der Waals surface area contributed by atoms with E-state index in [1.807, 2.05) is 11.0 Å². The molecule has 1 aromatic rings. The molecule has 0 saturated carbocycles. The molecule has 3 rings (SSSR count). The van der Waals surface area contributed by atoms with Crippen LogP contribution in [0.4, 0.5) is 0 Å². The Morgan fingerprint density at radius 1 is 1.25 bits per heavy atom. The van der Waals surface area contributed by atoms with Crippen molar-refractivity contribution in [3.8, 4) is 0 Å². The number of rotatable bonds is 2. The first kappa shape index (κ1) is 16.8. The molecule has 1 aromatic heterocycles. The van der Waals surface area contributed by atoms with Crippen LogP contribution in [0.3, 0.4) is 0 Å². The van der Waals surface area contributed by atoms with Gasteiger partial charge >= 0.3 is 0 Å². The van der Waals surface area contributed by atoms with E-state index in [4.69, 9.17) is 4.74 Å². The number of hydrogen-bond donors (Lipinski definition) is 0.